The number of fused-ring (bicyclic) bond motifs is 1. The van der Waals surface area contributed by atoms with Crippen molar-refractivity contribution in [3.63, 3.8) is 0 Å². The molecule has 9 heteroatoms. The number of H-pyrrole nitrogens is 1. The molecule has 1 aliphatic rings. The molecule has 0 aliphatic carbocycles. The number of aromatic nitrogens is 2. The van der Waals surface area contributed by atoms with Crippen LogP contribution in [0.15, 0.2) is 48.3 Å². The lowest BCUT2D eigenvalue weighted by molar-refractivity contribution is -0.138. The number of ether oxygens (including phenoxy) is 2. The molecule has 4 rings (SSSR count). The quantitative estimate of drug-likeness (QED) is 0.565. The van der Waals surface area contributed by atoms with Crippen LogP contribution in [-0.2, 0) is 9.59 Å². The van der Waals surface area contributed by atoms with Gasteiger partial charge < -0.3 is 30.2 Å². The third-order valence-electron chi connectivity index (χ3n) is 4.98. The molecule has 2 heterocycles. The summed E-state index contributed by atoms with van der Waals surface area (Å²) in [4.78, 5) is 33.8. The van der Waals surface area contributed by atoms with E-state index in [0.29, 0.717) is 28.5 Å². The van der Waals surface area contributed by atoms with Crippen molar-refractivity contribution >= 4 is 34.0 Å². The van der Waals surface area contributed by atoms with Gasteiger partial charge in [0.2, 0.25) is 0 Å². The number of para-hydroxylation sites is 2. The number of rotatable bonds is 6. The molecule has 1 unspecified atom stereocenters. The molecular formula is C21H20N4O5. The van der Waals surface area contributed by atoms with Crippen LogP contribution < -0.4 is 20.1 Å². The number of aromatic amines is 1. The predicted molar refractivity (Wildman–Crippen MR) is 110 cm³/mol. The van der Waals surface area contributed by atoms with Gasteiger partial charge in [-0.15, -0.1) is 0 Å². The van der Waals surface area contributed by atoms with Crippen molar-refractivity contribution in [3.8, 4) is 11.5 Å². The van der Waals surface area contributed by atoms with Gasteiger partial charge in [0, 0.05) is 18.2 Å². The summed E-state index contributed by atoms with van der Waals surface area (Å²) in [5, 5.41) is 9.40. The molecule has 0 radical (unpaired) electrons. The third kappa shape index (κ3) is 3.20. The van der Waals surface area contributed by atoms with Crippen LogP contribution in [0.1, 0.15) is 12.2 Å². The number of hydrogen-bond donors (Lipinski definition) is 3. The number of carbonyl (C=O) groups is 2. The number of aliphatic carboxylic acids is 1. The monoisotopic (exact) mass is 408 g/mol. The maximum absolute atomic E-state index is 13.3. The van der Waals surface area contributed by atoms with Gasteiger partial charge in [-0.05, 0) is 12.1 Å². The van der Waals surface area contributed by atoms with Gasteiger partial charge in [-0.3, -0.25) is 9.59 Å². The Morgan fingerprint density at radius 3 is 2.47 bits per heavy atom. The van der Waals surface area contributed by atoms with Gasteiger partial charge in [-0.1, -0.05) is 12.1 Å². The van der Waals surface area contributed by atoms with Crippen LogP contribution in [0.25, 0.3) is 16.6 Å². The Hall–Kier alpha value is -4.01. The smallest absolute Gasteiger partial charge is 0.305 e. The highest BCUT2D eigenvalue weighted by Gasteiger charge is 2.42. The van der Waals surface area contributed by atoms with Gasteiger partial charge in [0.25, 0.3) is 0 Å². The lowest BCUT2D eigenvalue weighted by Gasteiger charge is -2.26. The average molecular weight is 408 g/mol. The van der Waals surface area contributed by atoms with Gasteiger partial charge in [0.1, 0.15) is 34.8 Å². The number of nitrogens with zero attached hydrogens (tertiary/aromatic N) is 2. The minimum absolute atomic E-state index is 0.112. The zero-order valence-electron chi connectivity index (χ0n) is 16.4. The van der Waals surface area contributed by atoms with Crippen molar-refractivity contribution in [2.45, 2.75) is 12.5 Å². The first-order chi connectivity index (χ1) is 14.4. The van der Waals surface area contributed by atoms with E-state index < -0.39 is 24.2 Å². The van der Waals surface area contributed by atoms with Gasteiger partial charge in [-0.25, -0.2) is 4.98 Å². The Kier molecular flexibility index (Phi) is 4.78. The summed E-state index contributed by atoms with van der Waals surface area (Å²) < 4.78 is 10.6. The number of methoxy groups -OCH3 is 2. The summed E-state index contributed by atoms with van der Waals surface area (Å²) in [6, 6.07) is 11.3. The lowest BCUT2D eigenvalue weighted by Crippen LogP contribution is -2.38. The topological polar surface area (TPSA) is 131 Å². The van der Waals surface area contributed by atoms with E-state index in [-0.39, 0.29) is 11.4 Å². The van der Waals surface area contributed by atoms with Crippen LogP contribution >= 0.6 is 0 Å². The summed E-state index contributed by atoms with van der Waals surface area (Å²) in [7, 11) is 3.00. The Labute approximate surface area is 171 Å². The molecule has 3 aromatic rings. The maximum atomic E-state index is 13.3. The van der Waals surface area contributed by atoms with Crippen molar-refractivity contribution in [2.24, 2.45) is 5.73 Å². The summed E-state index contributed by atoms with van der Waals surface area (Å²) in [5.41, 5.74) is 8.46. The molecule has 0 fully saturated rings. The number of carboxylic acids is 1. The van der Waals surface area contributed by atoms with Crippen LogP contribution in [0.2, 0.25) is 0 Å². The molecular weight excluding hydrogens is 388 g/mol. The van der Waals surface area contributed by atoms with E-state index >= 15 is 0 Å². The second-order valence-electron chi connectivity index (χ2n) is 6.78. The number of carboxylic acid groups (broad SMARTS) is 1. The number of anilines is 1. The SMILES string of the molecule is COc1cc(OC)cc(N2C(N)=C(c3nc4ccccc4[nH]3)C(=O)C2CC(=O)O)c1. The molecule has 9 nitrogen and oxygen atoms in total. The lowest BCUT2D eigenvalue weighted by atomic mass is 10.0. The number of imidazole rings is 1. The molecule has 0 saturated carbocycles. The van der Waals surface area contributed by atoms with Crippen LogP contribution in [0.4, 0.5) is 5.69 Å². The first-order valence-electron chi connectivity index (χ1n) is 9.16. The highest BCUT2D eigenvalue weighted by Crippen LogP contribution is 2.38. The minimum Gasteiger partial charge on any atom is -0.497 e. The highest BCUT2D eigenvalue weighted by atomic mass is 16.5. The zero-order chi connectivity index (χ0) is 21.4. The maximum Gasteiger partial charge on any atom is 0.305 e. The van der Waals surface area contributed by atoms with E-state index in [1.807, 2.05) is 24.3 Å². The van der Waals surface area contributed by atoms with Crippen LogP contribution in [-0.4, -0.2) is 47.1 Å². The predicted octanol–water partition coefficient (Wildman–Crippen LogP) is 2.14. The Balaban J connectivity index is 1.88. The molecule has 1 aromatic heterocycles. The Morgan fingerprint density at radius 1 is 1.20 bits per heavy atom. The van der Waals surface area contributed by atoms with E-state index in [9.17, 15) is 14.7 Å². The summed E-state index contributed by atoms with van der Waals surface area (Å²) in [6.45, 7) is 0. The van der Waals surface area contributed by atoms with Crippen molar-refractivity contribution in [1.82, 2.24) is 9.97 Å². The second kappa shape index (κ2) is 7.43. The Bertz CT molecular complexity index is 1130. The average Bonchev–Trinajstić information content (AvgIpc) is 3.25. The molecule has 0 saturated heterocycles. The van der Waals surface area contributed by atoms with E-state index in [1.165, 1.54) is 19.1 Å². The number of benzene rings is 2. The van der Waals surface area contributed by atoms with Gasteiger partial charge in [0.15, 0.2) is 5.78 Å². The highest BCUT2D eigenvalue weighted by molar-refractivity contribution is 6.28. The van der Waals surface area contributed by atoms with Crippen LogP contribution in [0.5, 0.6) is 11.5 Å². The fourth-order valence-corrected chi connectivity index (χ4v) is 3.61. The summed E-state index contributed by atoms with van der Waals surface area (Å²) in [6.07, 6.45) is -0.428. The van der Waals surface area contributed by atoms with Crippen molar-refractivity contribution in [2.75, 3.05) is 19.1 Å². The number of nitrogens with two attached hydrogens (primary N) is 1. The van der Waals surface area contributed by atoms with Crippen molar-refractivity contribution in [1.29, 1.82) is 0 Å². The van der Waals surface area contributed by atoms with Gasteiger partial charge in [0.05, 0.1) is 37.4 Å². The molecule has 0 spiro atoms. The molecule has 1 aliphatic heterocycles. The number of carbonyl (C=O) groups excluding carboxylic acids is 1. The molecule has 154 valence electrons. The zero-order valence-corrected chi connectivity index (χ0v) is 16.4. The largest absolute Gasteiger partial charge is 0.497 e. The van der Waals surface area contributed by atoms with Crippen molar-refractivity contribution < 1.29 is 24.2 Å². The fraction of sp³-hybridized carbons (Fsp3) is 0.190. The molecule has 0 bridgehead atoms. The second-order valence-corrected chi connectivity index (χ2v) is 6.78. The number of Topliss-reactive ketones (excluding diaryl/α,β-unsaturated/α-hetero) is 1. The van der Waals surface area contributed by atoms with E-state index in [0.717, 1.165) is 5.52 Å². The standard InChI is InChI=1S/C21H20N4O5/c1-29-12-7-11(8-13(9-12)30-2)25-16(10-17(26)27)19(28)18(20(25)22)21-23-14-5-3-4-6-15(14)24-21/h3-9,16H,10,22H2,1-2H3,(H,23,24)(H,26,27). The number of hydrogen-bond acceptors (Lipinski definition) is 7. The normalized spacial score (nSPS) is 16.4. The fourth-order valence-electron chi connectivity index (χ4n) is 3.61. The third-order valence-corrected chi connectivity index (χ3v) is 4.98. The van der Waals surface area contributed by atoms with Gasteiger partial charge in [-0.2, -0.15) is 0 Å². The molecule has 0 amide bonds. The number of ketones is 1. The van der Waals surface area contributed by atoms with Gasteiger partial charge >= 0.3 is 5.97 Å². The summed E-state index contributed by atoms with van der Waals surface area (Å²) >= 11 is 0. The molecule has 4 N–H and O–H groups in total. The van der Waals surface area contributed by atoms with E-state index in [2.05, 4.69) is 9.97 Å². The molecule has 1 atom stereocenters. The van der Waals surface area contributed by atoms with Crippen LogP contribution in [0, 0.1) is 0 Å². The molecule has 2 aromatic carbocycles. The van der Waals surface area contributed by atoms with E-state index in [4.69, 9.17) is 15.2 Å². The first kappa shape index (κ1) is 19.3. The van der Waals surface area contributed by atoms with E-state index in [1.54, 1.807) is 18.2 Å². The van der Waals surface area contributed by atoms with Crippen LogP contribution in [0.3, 0.4) is 0 Å². The molecule has 30 heavy (non-hydrogen) atoms. The Morgan fingerprint density at radius 2 is 1.87 bits per heavy atom. The number of nitrogens with one attached hydrogen (secondary N) is 1. The first-order valence-corrected chi connectivity index (χ1v) is 9.16. The summed E-state index contributed by atoms with van der Waals surface area (Å²) in [5.74, 6) is -0.165. The minimum atomic E-state index is -1.12. The van der Waals surface area contributed by atoms with Crippen molar-refractivity contribution in [3.05, 3.63) is 54.1 Å².